The fraction of sp³-hybridized carbons (Fsp3) is 0.167. The van der Waals surface area contributed by atoms with Crippen LogP contribution >= 0.6 is 0 Å². The van der Waals surface area contributed by atoms with Crippen LogP contribution in [0.15, 0.2) is 54.6 Å². The number of hydrogen-bond donors (Lipinski definition) is 1. The minimum Gasteiger partial charge on any atom is -0.508 e. The van der Waals surface area contributed by atoms with E-state index in [0.717, 1.165) is 11.3 Å². The van der Waals surface area contributed by atoms with Crippen LogP contribution in [0.1, 0.15) is 29.8 Å². The lowest BCUT2D eigenvalue weighted by Crippen LogP contribution is -2.06. The molecule has 0 aliphatic carbocycles. The molecule has 0 bridgehead atoms. The molecule has 0 saturated heterocycles. The van der Waals surface area contributed by atoms with Crippen molar-refractivity contribution in [2.45, 2.75) is 20.0 Å². The van der Waals surface area contributed by atoms with Crippen LogP contribution in [0.5, 0.6) is 11.5 Å². The van der Waals surface area contributed by atoms with Crippen molar-refractivity contribution in [2.75, 3.05) is 0 Å². The molecule has 1 N–H and O–H groups in total. The van der Waals surface area contributed by atoms with Gasteiger partial charge in [0, 0.05) is 11.1 Å². The van der Waals surface area contributed by atoms with Crippen LogP contribution in [0, 0.1) is 0 Å². The number of allylic oxidation sites excluding steroid dienone is 1. The quantitative estimate of drug-likeness (QED) is 0.664. The first-order chi connectivity index (χ1) is 10.1. The first-order valence-electron chi connectivity index (χ1n) is 6.83. The molecule has 0 aromatic heterocycles. The molecule has 3 nitrogen and oxygen atoms in total. The van der Waals surface area contributed by atoms with E-state index in [2.05, 4.69) is 0 Å². The van der Waals surface area contributed by atoms with Gasteiger partial charge in [0.1, 0.15) is 11.5 Å². The van der Waals surface area contributed by atoms with E-state index in [1.807, 2.05) is 38.1 Å². The maximum absolute atomic E-state index is 12.1. The number of hydrogen-bond acceptors (Lipinski definition) is 3. The maximum Gasteiger partial charge on any atom is 0.185 e. The van der Waals surface area contributed by atoms with Crippen LogP contribution in [0.2, 0.25) is 0 Å². The SMILES string of the molecule is CC(C)Oc1ccccc1/C=C/C(=O)c1ccc(O)cc1. The molecule has 0 fully saturated rings. The van der Waals surface area contributed by atoms with Gasteiger partial charge in [-0.05, 0) is 56.3 Å². The summed E-state index contributed by atoms with van der Waals surface area (Å²) in [6.07, 6.45) is 3.33. The largest absolute Gasteiger partial charge is 0.508 e. The zero-order valence-corrected chi connectivity index (χ0v) is 12.1. The Labute approximate surface area is 124 Å². The molecule has 3 heteroatoms. The summed E-state index contributed by atoms with van der Waals surface area (Å²) in [6, 6.07) is 13.8. The lowest BCUT2D eigenvalue weighted by atomic mass is 10.1. The molecule has 0 unspecified atom stereocenters. The second-order valence-corrected chi connectivity index (χ2v) is 4.95. The van der Waals surface area contributed by atoms with Crippen molar-refractivity contribution in [2.24, 2.45) is 0 Å². The number of phenols is 1. The summed E-state index contributed by atoms with van der Waals surface area (Å²) >= 11 is 0. The molecule has 0 aliphatic rings. The van der Waals surface area contributed by atoms with E-state index in [-0.39, 0.29) is 17.6 Å². The zero-order valence-electron chi connectivity index (χ0n) is 12.1. The van der Waals surface area contributed by atoms with Crippen molar-refractivity contribution in [3.8, 4) is 11.5 Å². The molecular weight excluding hydrogens is 264 g/mol. The van der Waals surface area contributed by atoms with E-state index >= 15 is 0 Å². The van der Waals surface area contributed by atoms with Crippen LogP contribution in [-0.2, 0) is 0 Å². The maximum atomic E-state index is 12.1. The normalized spacial score (nSPS) is 11.0. The molecular formula is C18H18O3. The number of carbonyl (C=O) groups is 1. The Morgan fingerprint density at radius 1 is 1.10 bits per heavy atom. The van der Waals surface area contributed by atoms with Gasteiger partial charge < -0.3 is 9.84 Å². The van der Waals surface area contributed by atoms with Crippen LogP contribution < -0.4 is 4.74 Å². The van der Waals surface area contributed by atoms with E-state index in [9.17, 15) is 9.90 Å². The Morgan fingerprint density at radius 2 is 1.76 bits per heavy atom. The van der Waals surface area contributed by atoms with Gasteiger partial charge in [0.25, 0.3) is 0 Å². The molecule has 0 amide bonds. The Hall–Kier alpha value is -2.55. The Morgan fingerprint density at radius 3 is 2.43 bits per heavy atom. The van der Waals surface area contributed by atoms with Crippen molar-refractivity contribution < 1.29 is 14.6 Å². The minimum absolute atomic E-state index is 0.0763. The molecule has 21 heavy (non-hydrogen) atoms. The molecule has 108 valence electrons. The molecule has 2 rings (SSSR count). The summed E-state index contributed by atoms with van der Waals surface area (Å²) in [5, 5.41) is 9.22. The van der Waals surface area contributed by atoms with Gasteiger partial charge in [-0.2, -0.15) is 0 Å². The van der Waals surface area contributed by atoms with Crippen molar-refractivity contribution in [1.82, 2.24) is 0 Å². The highest BCUT2D eigenvalue weighted by atomic mass is 16.5. The summed E-state index contributed by atoms with van der Waals surface area (Å²) in [5.41, 5.74) is 1.39. The molecule has 0 radical (unpaired) electrons. The Balaban J connectivity index is 2.17. The van der Waals surface area contributed by atoms with E-state index < -0.39 is 0 Å². The third kappa shape index (κ3) is 4.21. The third-order valence-electron chi connectivity index (χ3n) is 2.85. The fourth-order valence-electron chi connectivity index (χ4n) is 1.87. The van der Waals surface area contributed by atoms with Gasteiger partial charge in [-0.1, -0.05) is 18.2 Å². The smallest absolute Gasteiger partial charge is 0.185 e. The van der Waals surface area contributed by atoms with E-state index in [1.165, 1.54) is 18.2 Å². The summed E-state index contributed by atoms with van der Waals surface area (Å²) in [6.45, 7) is 3.92. The average Bonchev–Trinajstić information content (AvgIpc) is 2.46. The highest BCUT2D eigenvalue weighted by Gasteiger charge is 2.04. The zero-order chi connectivity index (χ0) is 15.2. The number of aromatic hydroxyl groups is 1. The molecule has 2 aromatic carbocycles. The summed E-state index contributed by atoms with van der Waals surface area (Å²) in [4.78, 5) is 12.1. The number of ketones is 1. The van der Waals surface area contributed by atoms with Crippen LogP contribution in [0.3, 0.4) is 0 Å². The predicted molar refractivity (Wildman–Crippen MR) is 83.7 cm³/mol. The first-order valence-corrected chi connectivity index (χ1v) is 6.83. The third-order valence-corrected chi connectivity index (χ3v) is 2.85. The molecule has 0 spiro atoms. The molecule has 0 atom stereocenters. The highest BCUT2D eigenvalue weighted by molar-refractivity contribution is 6.07. The lowest BCUT2D eigenvalue weighted by Gasteiger charge is -2.11. The summed E-state index contributed by atoms with van der Waals surface area (Å²) < 4.78 is 5.70. The number of rotatable bonds is 5. The summed E-state index contributed by atoms with van der Waals surface area (Å²) in [5.74, 6) is 0.780. The topological polar surface area (TPSA) is 46.5 Å². The first kappa shape index (κ1) is 14.9. The van der Waals surface area contributed by atoms with E-state index in [1.54, 1.807) is 18.2 Å². The Bertz CT molecular complexity index is 640. The van der Waals surface area contributed by atoms with E-state index in [0.29, 0.717) is 5.56 Å². The highest BCUT2D eigenvalue weighted by Crippen LogP contribution is 2.21. The van der Waals surface area contributed by atoms with Gasteiger partial charge in [-0.3, -0.25) is 4.79 Å². The van der Waals surface area contributed by atoms with Crippen molar-refractivity contribution >= 4 is 11.9 Å². The second-order valence-electron chi connectivity index (χ2n) is 4.95. The van der Waals surface area contributed by atoms with Crippen molar-refractivity contribution in [1.29, 1.82) is 0 Å². The number of para-hydroxylation sites is 1. The number of benzene rings is 2. The number of phenolic OH excluding ortho intramolecular Hbond substituents is 1. The standard InChI is InChI=1S/C18H18O3/c1-13(2)21-18-6-4-3-5-15(18)9-12-17(20)14-7-10-16(19)11-8-14/h3-13,19H,1-2H3/b12-9+. The van der Waals surface area contributed by atoms with Crippen molar-refractivity contribution in [3.63, 3.8) is 0 Å². The van der Waals surface area contributed by atoms with Gasteiger partial charge in [-0.15, -0.1) is 0 Å². The minimum atomic E-state index is -0.116. The van der Waals surface area contributed by atoms with Crippen LogP contribution in [0.25, 0.3) is 6.08 Å². The predicted octanol–water partition coefficient (Wildman–Crippen LogP) is 4.08. The van der Waals surface area contributed by atoms with Gasteiger partial charge in [0.05, 0.1) is 6.10 Å². The lowest BCUT2D eigenvalue weighted by molar-refractivity contribution is 0.104. The monoisotopic (exact) mass is 282 g/mol. The number of ether oxygens (including phenoxy) is 1. The number of carbonyl (C=O) groups excluding carboxylic acids is 1. The second kappa shape index (κ2) is 6.75. The van der Waals surface area contributed by atoms with Gasteiger partial charge in [0.15, 0.2) is 5.78 Å². The van der Waals surface area contributed by atoms with Gasteiger partial charge in [0.2, 0.25) is 0 Å². The van der Waals surface area contributed by atoms with Crippen molar-refractivity contribution in [3.05, 3.63) is 65.7 Å². The molecule has 0 saturated carbocycles. The summed E-state index contributed by atoms with van der Waals surface area (Å²) in [7, 11) is 0. The van der Waals surface area contributed by atoms with Gasteiger partial charge >= 0.3 is 0 Å². The molecule has 0 aliphatic heterocycles. The molecule has 2 aromatic rings. The fourth-order valence-corrected chi connectivity index (χ4v) is 1.87. The Kier molecular flexibility index (Phi) is 4.77. The van der Waals surface area contributed by atoms with Crippen LogP contribution in [-0.4, -0.2) is 17.0 Å². The molecule has 0 heterocycles. The average molecular weight is 282 g/mol. The van der Waals surface area contributed by atoms with E-state index in [4.69, 9.17) is 4.74 Å². The van der Waals surface area contributed by atoms with Gasteiger partial charge in [-0.25, -0.2) is 0 Å². The van der Waals surface area contributed by atoms with Crippen LogP contribution in [0.4, 0.5) is 0 Å².